The third-order valence-corrected chi connectivity index (χ3v) is 3.07. The van der Waals surface area contributed by atoms with Crippen molar-refractivity contribution in [2.45, 2.75) is 6.42 Å². The Morgan fingerprint density at radius 1 is 1.38 bits per heavy atom. The topological polar surface area (TPSA) is 39.2 Å². The van der Waals surface area contributed by atoms with Gasteiger partial charge in [0, 0.05) is 16.1 Å². The van der Waals surface area contributed by atoms with Crippen molar-refractivity contribution in [2.75, 3.05) is 7.11 Å². The highest BCUT2D eigenvalue weighted by molar-refractivity contribution is 9.10. The molecule has 1 heterocycles. The molecule has 4 heteroatoms. The van der Waals surface area contributed by atoms with Crippen LogP contribution in [-0.4, -0.2) is 18.1 Å². The SMILES string of the molecule is COC(=O)Cc1nccc2c(Br)cccc12. The van der Waals surface area contributed by atoms with E-state index in [-0.39, 0.29) is 12.4 Å². The largest absolute Gasteiger partial charge is 0.469 e. The van der Waals surface area contributed by atoms with Crippen LogP contribution in [0, 0.1) is 0 Å². The van der Waals surface area contributed by atoms with E-state index in [1.165, 1.54) is 7.11 Å². The summed E-state index contributed by atoms with van der Waals surface area (Å²) in [5.74, 6) is -0.278. The van der Waals surface area contributed by atoms with E-state index in [9.17, 15) is 4.79 Å². The molecule has 0 atom stereocenters. The molecule has 2 rings (SSSR count). The number of hydrogen-bond acceptors (Lipinski definition) is 3. The molecule has 1 aromatic heterocycles. The van der Waals surface area contributed by atoms with Crippen LogP contribution in [0.3, 0.4) is 0 Å². The zero-order chi connectivity index (χ0) is 11.5. The van der Waals surface area contributed by atoms with Crippen LogP contribution in [0.5, 0.6) is 0 Å². The molecule has 0 aliphatic carbocycles. The zero-order valence-electron chi connectivity index (χ0n) is 8.74. The second-order valence-corrected chi connectivity index (χ2v) is 4.20. The summed E-state index contributed by atoms with van der Waals surface area (Å²) < 4.78 is 5.64. The van der Waals surface area contributed by atoms with E-state index in [4.69, 9.17) is 0 Å². The number of aromatic nitrogens is 1. The third-order valence-electron chi connectivity index (χ3n) is 2.37. The van der Waals surface area contributed by atoms with E-state index >= 15 is 0 Å². The van der Waals surface area contributed by atoms with E-state index in [2.05, 4.69) is 25.7 Å². The number of fused-ring (bicyclic) bond motifs is 1. The lowest BCUT2D eigenvalue weighted by molar-refractivity contribution is -0.139. The zero-order valence-corrected chi connectivity index (χ0v) is 10.3. The van der Waals surface area contributed by atoms with E-state index in [1.54, 1.807) is 6.20 Å². The van der Waals surface area contributed by atoms with Gasteiger partial charge in [-0.05, 0) is 17.5 Å². The number of halogens is 1. The van der Waals surface area contributed by atoms with Crippen LogP contribution in [-0.2, 0) is 16.0 Å². The summed E-state index contributed by atoms with van der Waals surface area (Å²) in [5, 5.41) is 2.03. The summed E-state index contributed by atoms with van der Waals surface area (Å²) in [4.78, 5) is 15.5. The minimum Gasteiger partial charge on any atom is -0.469 e. The smallest absolute Gasteiger partial charge is 0.311 e. The summed E-state index contributed by atoms with van der Waals surface area (Å²) in [7, 11) is 1.38. The molecule has 0 saturated carbocycles. The number of pyridine rings is 1. The van der Waals surface area contributed by atoms with Crippen molar-refractivity contribution in [2.24, 2.45) is 0 Å². The fourth-order valence-electron chi connectivity index (χ4n) is 1.58. The molecule has 3 nitrogen and oxygen atoms in total. The van der Waals surface area contributed by atoms with Gasteiger partial charge in [0.15, 0.2) is 0 Å². The molecule has 2 aromatic rings. The van der Waals surface area contributed by atoms with Crippen molar-refractivity contribution in [3.63, 3.8) is 0 Å². The lowest BCUT2D eigenvalue weighted by Crippen LogP contribution is -2.06. The molecule has 0 radical (unpaired) electrons. The lowest BCUT2D eigenvalue weighted by atomic mass is 10.1. The van der Waals surface area contributed by atoms with Crippen LogP contribution in [0.2, 0.25) is 0 Å². The maximum atomic E-state index is 11.2. The molecule has 0 unspecified atom stereocenters. The van der Waals surface area contributed by atoms with Gasteiger partial charge in [0.05, 0.1) is 19.2 Å². The summed E-state index contributed by atoms with van der Waals surface area (Å²) in [6, 6.07) is 7.75. The van der Waals surface area contributed by atoms with Gasteiger partial charge in [-0.2, -0.15) is 0 Å². The van der Waals surface area contributed by atoms with E-state index in [0.717, 1.165) is 20.9 Å². The van der Waals surface area contributed by atoms with Gasteiger partial charge in [0.25, 0.3) is 0 Å². The fraction of sp³-hybridized carbons (Fsp3) is 0.167. The minimum absolute atomic E-state index is 0.199. The Balaban J connectivity index is 2.54. The van der Waals surface area contributed by atoms with Crippen molar-refractivity contribution in [1.82, 2.24) is 4.98 Å². The molecule has 0 bridgehead atoms. The first kappa shape index (κ1) is 11.1. The Morgan fingerprint density at radius 3 is 2.94 bits per heavy atom. The van der Waals surface area contributed by atoms with E-state index in [1.807, 2.05) is 24.3 Å². The molecular formula is C12H10BrNO2. The van der Waals surface area contributed by atoms with Gasteiger partial charge in [0.2, 0.25) is 0 Å². The standard InChI is InChI=1S/C12H10BrNO2/c1-16-12(15)7-11-9-3-2-4-10(13)8(9)5-6-14-11/h2-6H,7H2,1H3. The molecule has 0 spiro atoms. The number of carbonyl (C=O) groups excluding carboxylic acids is 1. The Hall–Kier alpha value is -1.42. The first-order valence-electron chi connectivity index (χ1n) is 4.81. The van der Waals surface area contributed by atoms with Crippen LogP contribution in [0.25, 0.3) is 10.8 Å². The number of methoxy groups -OCH3 is 1. The molecule has 0 aliphatic heterocycles. The monoisotopic (exact) mass is 279 g/mol. The predicted octanol–water partition coefficient (Wildman–Crippen LogP) is 2.71. The molecule has 0 fully saturated rings. The highest BCUT2D eigenvalue weighted by atomic mass is 79.9. The Kier molecular flexibility index (Phi) is 3.19. The Bertz CT molecular complexity index is 540. The Labute approximate surface area is 102 Å². The summed E-state index contributed by atoms with van der Waals surface area (Å²) in [6.07, 6.45) is 1.90. The van der Waals surface area contributed by atoms with Crippen molar-refractivity contribution in [3.05, 3.63) is 40.6 Å². The van der Waals surface area contributed by atoms with Gasteiger partial charge < -0.3 is 4.74 Å². The Morgan fingerprint density at radius 2 is 2.19 bits per heavy atom. The number of carbonyl (C=O) groups is 1. The molecular weight excluding hydrogens is 270 g/mol. The number of hydrogen-bond donors (Lipinski definition) is 0. The minimum atomic E-state index is -0.278. The first-order chi connectivity index (χ1) is 7.72. The van der Waals surface area contributed by atoms with Crippen LogP contribution in [0.1, 0.15) is 5.69 Å². The highest BCUT2D eigenvalue weighted by Crippen LogP contribution is 2.25. The third kappa shape index (κ3) is 2.07. The summed E-state index contributed by atoms with van der Waals surface area (Å²) in [5.41, 5.74) is 0.741. The van der Waals surface area contributed by atoms with Gasteiger partial charge in [0.1, 0.15) is 0 Å². The number of esters is 1. The summed E-state index contributed by atoms with van der Waals surface area (Å²) in [6.45, 7) is 0. The number of rotatable bonds is 2. The average Bonchev–Trinajstić information content (AvgIpc) is 2.30. The lowest BCUT2D eigenvalue weighted by Gasteiger charge is -2.05. The van der Waals surface area contributed by atoms with Crippen molar-refractivity contribution in [3.8, 4) is 0 Å². The van der Waals surface area contributed by atoms with Crippen LogP contribution in [0.15, 0.2) is 34.9 Å². The molecule has 0 N–H and O–H groups in total. The quantitative estimate of drug-likeness (QED) is 0.794. The highest BCUT2D eigenvalue weighted by Gasteiger charge is 2.09. The van der Waals surface area contributed by atoms with Crippen molar-refractivity contribution < 1.29 is 9.53 Å². The van der Waals surface area contributed by atoms with E-state index < -0.39 is 0 Å². The van der Waals surface area contributed by atoms with Crippen molar-refractivity contribution in [1.29, 1.82) is 0 Å². The van der Waals surface area contributed by atoms with Gasteiger partial charge in [-0.25, -0.2) is 0 Å². The van der Waals surface area contributed by atoms with Crippen molar-refractivity contribution >= 4 is 32.7 Å². The second kappa shape index (κ2) is 4.61. The van der Waals surface area contributed by atoms with Crippen LogP contribution >= 0.6 is 15.9 Å². The molecule has 82 valence electrons. The molecule has 0 saturated heterocycles. The fourth-order valence-corrected chi connectivity index (χ4v) is 2.08. The van der Waals surface area contributed by atoms with Gasteiger partial charge in [-0.3, -0.25) is 9.78 Å². The normalized spacial score (nSPS) is 10.4. The summed E-state index contributed by atoms with van der Waals surface area (Å²) >= 11 is 3.47. The maximum absolute atomic E-state index is 11.2. The number of nitrogens with zero attached hydrogens (tertiary/aromatic N) is 1. The van der Waals surface area contributed by atoms with Crippen LogP contribution in [0.4, 0.5) is 0 Å². The van der Waals surface area contributed by atoms with Gasteiger partial charge in [-0.1, -0.05) is 28.1 Å². The molecule has 0 amide bonds. The van der Waals surface area contributed by atoms with Crippen LogP contribution < -0.4 is 0 Å². The second-order valence-electron chi connectivity index (χ2n) is 3.35. The number of benzene rings is 1. The number of ether oxygens (including phenoxy) is 1. The van der Waals surface area contributed by atoms with Gasteiger partial charge >= 0.3 is 5.97 Å². The molecule has 1 aromatic carbocycles. The van der Waals surface area contributed by atoms with Gasteiger partial charge in [-0.15, -0.1) is 0 Å². The van der Waals surface area contributed by atoms with E-state index in [0.29, 0.717) is 0 Å². The average molecular weight is 280 g/mol. The predicted molar refractivity (Wildman–Crippen MR) is 65.2 cm³/mol. The maximum Gasteiger partial charge on any atom is 0.311 e. The first-order valence-corrected chi connectivity index (χ1v) is 5.60. The molecule has 0 aliphatic rings. The molecule has 16 heavy (non-hydrogen) atoms.